The Morgan fingerprint density at radius 1 is 1.15 bits per heavy atom. The fourth-order valence-corrected chi connectivity index (χ4v) is 8.22. The topological polar surface area (TPSA) is 55.6 Å². The van der Waals surface area contributed by atoms with E-state index in [1.807, 2.05) is 13.8 Å². The first-order chi connectivity index (χ1) is 12.0. The second-order valence-electron chi connectivity index (χ2n) is 5.52. The molecule has 4 nitrogen and oxygen atoms in total. The van der Waals surface area contributed by atoms with E-state index in [1.54, 1.807) is 6.92 Å². The summed E-state index contributed by atoms with van der Waals surface area (Å²) in [7, 11) is 0. The molecule has 1 aromatic rings. The summed E-state index contributed by atoms with van der Waals surface area (Å²) < 4.78 is 20.3. The lowest BCUT2D eigenvalue weighted by atomic mass is 10.2. The van der Waals surface area contributed by atoms with Crippen molar-refractivity contribution in [3.05, 3.63) is 30.7 Å². The summed E-state index contributed by atoms with van der Waals surface area (Å²) in [6.45, 7) is 2.42. The largest absolute Gasteiger partial charge is 0.376 e. The Balaban J connectivity index is 3.39. The molecule has 1 unspecified atom stereocenters. The van der Waals surface area contributed by atoms with Crippen molar-refractivity contribution >= 4 is 93.4 Å². The van der Waals surface area contributed by atoms with Crippen molar-refractivity contribution in [2.75, 3.05) is 12.4 Å². The molecule has 0 aliphatic carbocycles. The van der Waals surface area contributed by atoms with Crippen LogP contribution in [-0.4, -0.2) is 22.1 Å². The standard InChI is InChI=1S/C14H18Cl5N2O2PS2/c1-4-23-24(22,26-6-7(2)3)21(14(20)25)5-8-9(15)11(17)13(19)12(18)10(8)16/h7H,4-6H2,1-3H3,(H2,20,25). The van der Waals surface area contributed by atoms with Gasteiger partial charge in [-0.05, 0) is 36.4 Å². The molecule has 0 saturated carbocycles. The van der Waals surface area contributed by atoms with Crippen molar-refractivity contribution < 1.29 is 9.09 Å². The van der Waals surface area contributed by atoms with Crippen LogP contribution in [0.15, 0.2) is 0 Å². The van der Waals surface area contributed by atoms with Crippen molar-refractivity contribution in [2.45, 2.75) is 27.3 Å². The number of nitrogens with two attached hydrogens (primary N) is 1. The predicted molar refractivity (Wildman–Crippen MR) is 120 cm³/mol. The van der Waals surface area contributed by atoms with Gasteiger partial charge in [-0.25, -0.2) is 0 Å². The number of nitrogens with zero attached hydrogens (tertiary/aromatic N) is 1. The van der Waals surface area contributed by atoms with Crippen molar-refractivity contribution in [3.8, 4) is 0 Å². The average molecular weight is 519 g/mol. The molecule has 0 amide bonds. The summed E-state index contributed by atoms with van der Waals surface area (Å²) in [5.41, 5.74) is 6.14. The van der Waals surface area contributed by atoms with E-state index < -0.39 is 6.72 Å². The molecule has 1 aromatic carbocycles. The van der Waals surface area contributed by atoms with Crippen LogP contribution in [0.1, 0.15) is 26.3 Å². The Morgan fingerprint density at radius 2 is 1.62 bits per heavy atom. The summed E-state index contributed by atoms with van der Waals surface area (Å²) in [6, 6.07) is 0. The number of hydrogen-bond acceptors (Lipinski definition) is 4. The molecular weight excluding hydrogens is 501 g/mol. The fourth-order valence-electron chi connectivity index (χ4n) is 1.81. The second kappa shape index (κ2) is 10.6. The van der Waals surface area contributed by atoms with E-state index in [9.17, 15) is 4.57 Å². The van der Waals surface area contributed by atoms with E-state index >= 15 is 0 Å². The maximum absolute atomic E-state index is 13.4. The summed E-state index contributed by atoms with van der Waals surface area (Å²) in [4.78, 5) is 0. The minimum absolute atomic E-state index is 0.0381. The number of rotatable bonds is 8. The molecule has 0 aromatic heterocycles. The number of halogens is 5. The van der Waals surface area contributed by atoms with Crippen LogP contribution in [0.4, 0.5) is 0 Å². The molecule has 0 aliphatic rings. The molecule has 1 atom stereocenters. The van der Waals surface area contributed by atoms with Crippen LogP contribution in [0, 0.1) is 5.92 Å². The summed E-state index contributed by atoms with van der Waals surface area (Å²) in [5, 5.41) is 0.181. The highest BCUT2D eigenvalue weighted by atomic mass is 35.5. The Labute approximate surface area is 188 Å². The van der Waals surface area contributed by atoms with Gasteiger partial charge in [-0.1, -0.05) is 71.9 Å². The maximum atomic E-state index is 13.4. The second-order valence-corrected chi connectivity index (χ2v) is 12.3. The molecule has 26 heavy (non-hydrogen) atoms. The average Bonchev–Trinajstić information content (AvgIpc) is 2.56. The molecule has 12 heteroatoms. The minimum Gasteiger partial charge on any atom is -0.376 e. The van der Waals surface area contributed by atoms with Crippen LogP contribution >= 0.6 is 88.3 Å². The fraction of sp³-hybridized carbons (Fsp3) is 0.500. The first-order valence-corrected chi connectivity index (χ1v) is 12.9. The molecule has 2 N–H and O–H groups in total. The zero-order valence-corrected chi connectivity index (χ0v) is 20.5. The minimum atomic E-state index is -3.44. The molecule has 0 heterocycles. The lowest BCUT2D eigenvalue weighted by Crippen LogP contribution is -2.32. The van der Waals surface area contributed by atoms with Gasteiger partial charge < -0.3 is 10.3 Å². The molecule has 0 bridgehead atoms. The van der Waals surface area contributed by atoms with Crippen LogP contribution < -0.4 is 5.73 Å². The zero-order valence-electron chi connectivity index (χ0n) is 14.2. The van der Waals surface area contributed by atoms with E-state index in [2.05, 4.69) is 0 Å². The van der Waals surface area contributed by atoms with Crippen LogP contribution in [0.5, 0.6) is 0 Å². The normalized spacial score (nSPS) is 13.7. The van der Waals surface area contributed by atoms with Gasteiger partial charge in [0, 0.05) is 11.3 Å². The highest BCUT2D eigenvalue weighted by molar-refractivity contribution is 8.56. The Bertz CT molecular complexity index is 707. The van der Waals surface area contributed by atoms with E-state index in [1.165, 1.54) is 4.67 Å². The molecule has 0 saturated heterocycles. The van der Waals surface area contributed by atoms with Crippen molar-refractivity contribution in [1.29, 1.82) is 0 Å². The lowest BCUT2D eigenvalue weighted by molar-refractivity contribution is 0.315. The van der Waals surface area contributed by atoms with Gasteiger partial charge in [-0.2, -0.15) is 0 Å². The Hall–Kier alpha value is 0.900. The number of benzene rings is 1. The van der Waals surface area contributed by atoms with Crippen LogP contribution in [0.3, 0.4) is 0 Å². The van der Waals surface area contributed by atoms with Gasteiger partial charge in [0.15, 0.2) is 5.11 Å². The third kappa shape index (κ3) is 5.95. The molecular formula is C14H18Cl5N2O2PS2. The summed E-state index contributed by atoms with van der Waals surface area (Å²) >= 11 is 37.0. The van der Waals surface area contributed by atoms with Crippen LogP contribution in [0.2, 0.25) is 25.1 Å². The van der Waals surface area contributed by atoms with Gasteiger partial charge in [-0.15, -0.1) is 0 Å². The molecule has 0 radical (unpaired) electrons. The van der Waals surface area contributed by atoms with Gasteiger partial charge in [0.25, 0.3) is 0 Å². The van der Waals surface area contributed by atoms with E-state index in [0.29, 0.717) is 11.3 Å². The van der Waals surface area contributed by atoms with Gasteiger partial charge in [-0.3, -0.25) is 9.24 Å². The smallest absolute Gasteiger partial charge is 0.355 e. The van der Waals surface area contributed by atoms with E-state index in [0.717, 1.165) is 11.4 Å². The van der Waals surface area contributed by atoms with Crippen LogP contribution in [-0.2, 0) is 15.6 Å². The Kier molecular flexibility index (Phi) is 10.2. The molecule has 148 valence electrons. The van der Waals surface area contributed by atoms with Gasteiger partial charge in [0.1, 0.15) is 0 Å². The van der Waals surface area contributed by atoms with Gasteiger partial charge in [0.05, 0.1) is 38.3 Å². The third-order valence-corrected chi connectivity index (χ3v) is 10.7. The quantitative estimate of drug-likeness (QED) is 0.166. The van der Waals surface area contributed by atoms with Crippen LogP contribution in [0.25, 0.3) is 0 Å². The molecule has 1 rings (SSSR count). The first-order valence-electron chi connectivity index (χ1n) is 7.43. The highest BCUT2D eigenvalue weighted by Gasteiger charge is 2.35. The highest BCUT2D eigenvalue weighted by Crippen LogP contribution is 2.63. The van der Waals surface area contributed by atoms with Gasteiger partial charge in [0.2, 0.25) is 0 Å². The van der Waals surface area contributed by atoms with E-state index in [4.69, 9.17) is 80.5 Å². The molecule has 0 aliphatic heterocycles. The van der Waals surface area contributed by atoms with Crippen molar-refractivity contribution in [3.63, 3.8) is 0 Å². The zero-order chi connectivity index (χ0) is 20.2. The SMILES string of the molecule is CCOP(=O)(SCC(C)C)N(Cc1c(Cl)c(Cl)c(Cl)c(Cl)c1Cl)C(N)=S. The maximum Gasteiger partial charge on any atom is 0.355 e. The summed E-state index contributed by atoms with van der Waals surface area (Å²) in [6.07, 6.45) is 0. The predicted octanol–water partition coefficient (Wildman–Crippen LogP) is 7.53. The first kappa shape index (κ1) is 24.9. The monoisotopic (exact) mass is 516 g/mol. The van der Waals surface area contributed by atoms with Crippen molar-refractivity contribution in [2.24, 2.45) is 11.7 Å². The summed E-state index contributed by atoms with van der Waals surface area (Å²) in [5.74, 6) is 0.869. The molecule has 0 spiro atoms. The third-order valence-electron chi connectivity index (χ3n) is 3.02. The van der Waals surface area contributed by atoms with Crippen molar-refractivity contribution in [1.82, 2.24) is 4.67 Å². The lowest BCUT2D eigenvalue weighted by Gasteiger charge is -2.31. The number of thiocarbonyl (C=S) groups is 1. The van der Waals surface area contributed by atoms with E-state index in [-0.39, 0.29) is 49.3 Å². The van der Waals surface area contributed by atoms with Gasteiger partial charge >= 0.3 is 6.72 Å². The number of hydrogen-bond donors (Lipinski definition) is 1. The Morgan fingerprint density at radius 3 is 2.00 bits per heavy atom. The molecule has 0 fully saturated rings.